The van der Waals surface area contributed by atoms with Crippen molar-refractivity contribution in [3.05, 3.63) is 0 Å². The summed E-state index contributed by atoms with van der Waals surface area (Å²) in [6.45, 7) is 1.99. The Morgan fingerprint density at radius 1 is 1.46 bits per heavy atom. The summed E-state index contributed by atoms with van der Waals surface area (Å²) in [5.41, 5.74) is 0. The smallest absolute Gasteiger partial charge is 0.233 e. The zero-order valence-electron chi connectivity index (χ0n) is 7.71. The van der Waals surface area contributed by atoms with Crippen LogP contribution in [0.15, 0.2) is 0 Å². The molecule has 74 valence electrons. The minimum Gasteiger partial charge on any atom is -0.351 e. The standard InChI is InChI=1S/C9H16N2OS/c12-9(8-2-1-5-13-8)11-7-3-4-10-6-7/h7-8,10H,1-6H2,(H,11,12)/t7-,8?/m0/s1. The van der Waals surface area contributed by atoms with Gasteiger partial charge in [0.05, 0.1) is 5.25 Å². The van der Waals surface area contributed by atoms with Crippen LogP contribution in [0.5, 0.6) is 0 Å². The van der Waals surface area contributed by atoms with E-state index < -0.39 is 0 Å². The molecule has 2 N–H and O–H groups in total. The van der Waals surface area contributed by atoms with Gasteiger partial charge in [0.15, 0.2) is 0 Å². The molecule has 13 heavy (non-hydrogen) atoms. The molecule has 3 nitrogen and oxygen atoms in total. The lowest BCUT2D eigenvalue weighted by Gasteiger charge is -2.14. The van der Waals surface area contributed by atoms with Crippen molar-refractivity contribution in [3.8, 4) is 0 Å². The van der Waals surface area contributed by atoms with Gasteiger partial charge in [0.2, 0.25) is 5.91 Å². The van der Waals surface area contributed by atoms with Crippen LogP contribution in [-0.4, -0.2) is 36.0 Å². The molecule has 2 rings (SSSR count). The van der Waals surface area contributed by atoms with Gasteiger partial charge in [-0.2, -0.15) is 0 Å². The Kier molecular flexibility index (Phi) is 3.11. The van der Waals surface area contributed by atoms with E-state index in [4.69, 9.17) is 0 Å². The van der Waals surface area contributed by atoms with Crippen LogP contribution < -0.4 is 10.6 Å². The van der Waals surface area contributed by atoms with Crippen molar-refractivity contribution in [2.45, 2.75) is 30.6 Å². The molecule has 2 atom stereocenters. The van der Waals surface area contributed by atoms with E-state index in [0.717, 1.165) is 31.7 Å². The van der Waals surface area contributed by atoms with Crippen LogP contribution in [0.1, 0.15) is 19.3 Å². The Bertz CT molecular complexity index is 186. The fraction of sp³-hybridized carbons (Fsp3) is 0.889. The van der Waals surface area contributed by atoms with Crippen molar-refractivity contribution in [2.75, 3.05) is 18.8 Å². The molecule has 1 unspecified atom stereocenters. The highest BCUT2D eigenvalue weighted by Crippen LogP contribution is 2.26. The molecule has 0 aromatic rings. The number of amides is 1. The highest BCUT2D eigenvalue weighted by molar-refractivity contribution is 8.00. The second-order valence-corrected chi connectivity index (χ2v) is 5.01. The molecule has 0 spiro atoms. The molecule has 2 saturated heterocycles. The van der Waals surface area contributed by atoms with E-state index in [1.807, 2.05) is 0 Å². The summed E-state index contributed by atoms with van der Waals surface area (Å²) in [5, 5.41) is 6.58. The Morgan fingerprint density at radius 2 is 2.38 bits per heavy atom. The number of hydrogen-bond acceptors (Lipinski definition) is 3. The average molecular weight is 200 g/mol. The molecule has 2 fully saturated rings. The van der Waals surface area contributed by atoms with Crippen LogP contribution >= 0.6 is 11.8 Å². The van der Waals surface area contributed by atoms with Gasteiger partial charge in [-0.25, -0.2) is 0 Å². The maximum absolute atomic E-state index is 11.6. The first kappa shape index (κ1) is 9.34. The third kappa shape index (κ3) is 2.38. The molecule has 0 saturated carbocycles. The largest absolute Gasteiger partial charge is 0.351 e. The summed E-state index contributed by atoms with van der Waals surface area (Å²) in [7, 11) is 0. The first-order valence-electron chi connectivity index (χ1n) is 4.99. The summed E-state index contributed by atoms with van der Waals surface area (Å²) in [5.74, 6) is 1.41. The lowest BCUT2D eigenvalue weighted by Crippen LogP contribution is -2.40. The van der Waals surface area contributed by atoms with Gasteiger partial charge >= 0.3 is 0 Å². The molecule has 0 radical (unpaired) electrons. The van der Waals surface area contributed by atoms with Gasteiger partial charge in [-0.05, 0) is 31.6 Å². The van der Waals surface area contributed by atoms with Crippen LogP contribution in [0, 0.1) is 0 Å². The van der Waals surface area contributed by atoms with Crippen molar-refractivity contribution in [1.29, 1.82) is 0 Å². The normalized spacial score (nSPS) is 33.5. The lowest BCUT2D eigenvalue weighted by molar-refractivity contribution is -0.121. The van der Waals surface area contributed by atoms with E-state index in [1.54, 1.807) is 11.8 Å². The zero-order chi connectivity index (χ0) is 9.10. The van der Waals surface area contributed by atoms with Crippen LogP contribution in [-0.2, 0) is 4.79 Å². The third-order valence-electron chi connectivity index (χ3n) is 2.63. The number of carbonyl (C=O) groups excluding carboxylic acids is 1. The second kappa shape index (κ2) is 4.33. The topological polar surface area (TPSA) is 41.1 Å². The summed E-state index contributed by atoms with van der Waals surface area (Å²) < 4.78 is 0. The third-order valence-corrected chi connectivity index (χ3v) is 4.01. The van der Waals surface area contributed by atoms with Gasteiger partial charge in [0.25, 0.3) is 0 Å². The number of carbonyl (C=O) groups is 1. The van der Waals surface area contributed by atoms with Crippen molar-refractivity contribution < 1.29 is 4.79 Å². The summed E-state index contributed by atoms with van der Waals surface area (Å²) in [6, 6.07) is 0.383. The lowest BCUT2D eigenvalue weighted by atomic mass is 10.2. The Labute approximate surface area is 83.0 Å². The second-order valence-electron chi connectivity index (χ2n) is 3.70. The zero-order valence-corrected chi connectivity index (χ0v) is 8.53. The van der Waals surface area contributed by atoms with Gasteiger partial charge in [0, 0.05) is 12.6 Å². The highest BCUT2D eigenvalue weighted by Gasteiger charge is 2.26. The minimum atomic E-state index is 0.237. The van der Waals surface area contributed by atoms with Gasteiger partial charge < -0.3 is 10.6 Å². The molecule has 4 heteroatoms. The molecule has 0 bridgehead atoms. The fourth-order valence-corrected chi connectivity index (χ4v) is 3.03. The van der Waals surface area contributed by atoms with Crippen molar-refractivity contribution in [2.24, 2.45) is 0 Å². The molecule has 1 amide bonds. The average Bonchev–Trinajstić information content (AvgIpc) is 2.74. The molecule has 0 aromatic carbocycles. The van der Waals surface area contributed by atoms with Crippen LogP contribution in [0.25, 0.3) is 0 Å². The Hall–Kier alpha value is -0.220. The molecule has 0 aliphatic carbocycles. The SMILES string of the molecule is O=C(N[C@H]1CCNC1)C1CCCS1. The van der Waals surface area contributed by atoms with Gasteiger partial charge in [0.1, 0.15) is 0 Å². The van der Waals surface area contributed by atoms with E-state index in [1.165, 1.54) is 6.42 Å². The first-order valence-corrected chi connectivity index (χ1v) is 6.04. The van der Waals surface area contributed by atoms with Crippen LogP contribution in [0.3, 0.4) is 0 Å². The molecule has 2 aliphatic heterocycles. The van der Waals surface area contributed by atoms with Gasteiger partial charge in [-0.1, -0.05) is 0 Å². The Balaban J connectivity index is 1.76. The number of nitrogens with one attached hydrogen (secondary N) is 2. The van der Waals surface area contributed by atoms with Crippen LogP contribution in [0.4, 0.5) is 0 Å². The highest BCUT2D eigenvalue weighted by atomic mass is 32.2. The van der Waals surface area contributed by atoms with E-state index in [2.05, 4.69) is 10.6 Å². The summed E-state index contributed by atoms with van der Waals surface area (Å²) in [6.07, 6.45) is 3.35. The van der Waals surface area contributed by atoms with E-state index in [0.29, 0.717) is 6.04 Å². The van der Waals surface area contributed by atoms with Crippen LogP contribution in [0.2, 0.25) is 0 Å². The van der Waals surface area contributed by atoms with Crippen molar-refractivity contribution >= 4 is 17.7 Å². The van der Waals surface area contributed by atoms with E-state index in [-0.39, 0.29) is 11.2 Å². The van der Waals surface area contributed by atoms with E-state index in [9.17, 15) is 4.79 Å². The molecule has 0 aromatic heterocycles. The number of rotatable bonds is 2. The maximum atomic E-state index is 11.6. The molecular weight excluding hydrogens is 184 g/mol. The molecule has 2 heterocycles. The fourth-order valence-electron chi connectivity index (χ4n) is 1.86. The number of thioether (sulfide) groups is 1. The summed E-state index contributed by atoms with van der Waals surface area (Å²) >= 11 is 1.80. The molecule has 2 aliphatic rings. The predicted molar refractivity (Wildman–Crippen MR) is 54.9 cm³/mol. The van der Waals surface area contributed by atoms with E-state index >= 15 is 0 Å². The van der Waals surface area contributed by atoms with Crippen molar-refractivity contribution in [1.82, 2.24) is 10.6 Å². The maximum Gasteiger partial charge on any atom is 0.233 e. The quantitative estimate of drug-likeness (QED) is 0.676. The Morgan fingerprint density at radius 3 is 3.00 bits per heavy atom. The van der Waals surface area contributed by atoms with Gasteiger partial charge in [-0.15, -0.1) is 11.8 Å². The first-order chi connectivity index (χ1) is 6.36. The van der Waals surface area contributed by atoms with Crippen molar-refractivity contribution in [3.63, 3.8) is 0 Å². The predicted octanol–water partition coefficient (Wildman–Crippen LogP) is 0.360. The minimum absolute atomic E-state index is 0.237. The number of hydrogen-bond donors (Lipinski definition) is 2. The molecular formula is C9H16N2OS. The monoisotopic (exact) mass is 200 g/mol. The summed E-state index contributed by atoms with van der Waals surface area (Å²) in [4.78, 5) is 11.6. The van der Waals surface area contributed by atoms with Gasteiger partial charge in [-0.3, -0.25) is 4.79 Å².